The number of aromatic nitrogens is 2. The minimum absolute atomic E-state index is 0.127. The Balaban J connectivity index is 1.35. The van der Waals surface area contributed by atoms with Crippen molar-refractivity contribution in [1.29, 1.82) is 0 Å². The Morgan fingerprint density at radius 1 is 1.15 bits per heavy atom. The standard InChI is InChI=1S/C27H32N2O5/c1-2-33-25(27(31)32)16-19-8-10-22(11-9-19)34-15-14-29-13-12-23-24(29)17-21(18-28-23)26(30)20-6-4-3-5-7-20/h8-13,17-18,20,25H,2-7,14-16H2,1H3,(H,31,32)/t25-/m0/s1. The zero-order valence-electron chi connectivity index (χ0n) is 19.6. The van der Waals surface area contributed by atoms with Crippen molar-refractivity contribution in [3.63, 3.8) is 0 Å². The molecule has 1 fully saturated rings. The average Bonchev–Trinajstić information content (AvgIpc) is 3.27. The molecule has 1 aliphatic carbocycles. The van der Waals surface area contributed by atoms with Crippen LogP contribution in [0.2, 0.25) is 0 Å². The lowest BCUT2D eigenvalue weighted by atomic mass is 9.84. The van der Waals surface area contributed by atoms with Crippen molar-refractivity contribution in [2.75, 3.05) is 13.2 Å². The molecule has 0 spiro atoms. The molecule has 1 aliphatic rings. The van der Waals surface area contributed by atoms with Crippen LogP contribution in [0, 0.1) is 5.92 Å². The third-order valence-corrected chi connectivity index (χ3v) is 6.47. The minimum Gasteiger partial charge on any atom is -0.492 e. The number of carboxylic acid groups (broad SMARTS) is 1. The zero-order chi connectivity index (χ0) is 23.9. The molecule has 1 aromatic carbocycles. The summed E-state index contributed by atoms with van der Waals surface area (Å²) in [5.74, 6) is 0.101. The highest BCUT2D eigenvalue weighted by atomic mass is 16.5. The van der Waals surface area contributed by atoms with Crippen molar-refractivity contribution >= 4 is 22.8 Å². The quantitative estimate of drug-likeness (QED) is 0.406. The van der Waals surface area contributed by atoms with Crippen LogP contribution in [0.3, 0.4) is 0 Å². The highest BCUT2D eigenvalue weighted by Crippen LogP contribution is 2.27. The van der Waals surface area contributed by atoms with Gasteiger partial charge in [-0.3, -0.25) is 9.78 Å². The summed E-state index contributed by atoms with van der Waals surface area (Å²) in [5.41, 5.74) is 3.39. The second kappa shape index (κ2) is 11.3. The van der Waals surface area contributed by atoms with Crippen molar-refractivity contribution in [1.82, 2.24) is 9.55 Å². The second-order valence-corrected chi connectivity index (χ2v) is 8.82. The number of carbonyl (C=O) groups excluding carboxylic acids is 1. The van der Waals surface area contributed by atoms with E-state index in [1.807, 2.05) is 42.6 Å². The van der Waals surface area contributed by atoms with Gasteiger partial charge in [0.2, 0.25) is 0 Å². The molecule has 1 atom stereocenters. The van der Waals surface area contributed by atoms with Crippen LogP contribution < -0.4 is 4.74 Å². The Labute approximate surface area is 199 Å². The number of ketones is 1. The topological polar surface area (TPSA) is 90.7 Å². The highest BCUT2D eigenvalue weighted by Gasteiger charge is 2.23. The van der Waals surface area contributed by atoms with E-state index in [1.54, 1.807) is 13.1 Å². The number of rotatable bonds is 11. The van der Waals surface area contributed by atoms with Crippen LogP contribution in [0.25, 0.3) is 11.0 Å². The third kappa shape index (κ3) is 5.83. The number of nitrogens with zero attached hydrogens (tertiary/aromatic N) is 2. The molecule has 2 heterocycles. The van der Waals surface area contributed by atoms with Gasteiger partial charge in [0.25, 0.3) is 0 Å². The van der Waals surface area contributed by atoms with Crippen LogP contribution in [0.4, 0.5) is 0 Å². The first-order valence-electron chi connectivity index (χ1n) is 12.1. The predicted octanol–water partition coefficient (Wildman–Crippen LogP) is 4.91. The van der Waals surface area contributed by atoms with E-state index in [4.69, 9.17) is 9.47 Å². The Morgan fingerprint density at radius 3 is 2.62 bits per heavy atom. The number of aliphatic carboxylic acids is 1. The molecule has 3 aromatic rings. The van der Waals surface area contributed by atoms with E-state index in [0.29, 0.717) is 31.7 Å². The molecule has 180 valence electrons. The molecule has 0 amide bonds. The van der Waals surface area contributed by atoms with Gasteiger partial charge in [-0.1, -0.05) is 31.4 Å². The number of hydrogen-bond donors (Lipinski definition) is 1. The van der Waals surface area contributed by atoms with Crippen LogP contribution in [-0.4, -0.2) is 45.7 Å². The van der Waals surface area contributed by atoms with Gasteiger partial charge in [-0.05, 0) is 49.6 Å². The Hall–Kier alpha value is -3.19. The summed E-state index contributed by atoms with van der Waals surface area (Å²) in [6, 6.07) is 11.3. The number of ether oxygens (including phenoxy) is 2. The summed E-state index contributed by atoms with van der Waals surface area (Å²) in [6.07, 6.45) is 8.60. The van der Waals surface area contributed by atoms with Gasteiger partial charge in [-0.25, -0.2) is 4.79 Å². The number of fused-ring (bicyclic) bond motifs is 1. The zero-order valence-corrected chi connectivity index (χ0v) is 19.6. The molecule has 7 nitrogen and oxygen atoms in total. The third-order valence-electron chi connectivity index (χ3n) is 6.47. The van der Waals surface area contributed by atoms with Gasteiger partial charge in [0.05, 0.1) is 17.6 Å². The monoisotopic (exact) mass is 464 g/mol. The molecule has 0 aliphatic heterocycles. The van der Waals surface area contributed by atoms with E-state index in [0.717, 1.165) is 48.0 Å². The number of carbonyl (C=O) groups is 2. The first-order valence-corrected chi connectivity index (χ1v) is 12.1. The molecule has 4 rings (SSSR count). The Kier molecular flexibility index (Phi) is 7.95. The first kappa shape index (κ1) is 24.0. The minimum atomic E-state index is -0.959. The van der Waals surface area contributed by atoms with Gasteiger partial charge in [0.15, 0.2) is 11.9 Å². The molecular weight excluding hydrogens is 432 g/mol. The van der Waals surface area contributed by atoms with Crippen molar-refractivity contribution in [2.45, 2.75) is 58.1 Å². The molecule has 0 saturated heterocycles. The predicted molar refractivity (Wildman–Crippen MR) is 129 cm³/mol. The Morgan fingerprint density at radius 2 is 1.91 bits per heavy atom. The van der Waals surface area contributed by atoms with E-state index in [9.17, 15) is 14.7 Å². The van der Waals surface area contributed by atoms with E-state index in [1.165, 1.54) is 6.42 Å². The number of hydrogen-bond acceptors (Lipinski definition) is 5. The summed E-state index contributed by atoms with van der Waals surface area (Å²) >= 11 is 0. The molecule has 0 bridgehead atoms. The molecule has 1 N–H and O–H groups in total. The molecule has 7 heteroatoms. The van der Waals surface area contributed by atoms with Gasteiger partial charge in [0.1, 0.15) is 12.4 Å². The van der Waals surface area contributed by atoms with E-state index >= 15 is 0 Å². The van der Waals surface area contributed by atoms with Crippen LogP contribution in [-0.2, 0) is 22.5 Å². The number of pyridine rings is 1. The van der Waals surface area contributed by atoms with Crippen molar-refractivity contribution in [3.8, 4) is 5.75 Å². The summed E-state index contributed by atoms with van der Waals surface area (Å²) in [4.78, 5) is 28.7. The number of benzene rings is 1. The lowest BCUT2D eigenvalue weighted by Gasteiger charge is -2.20. The maximum absolute atomic E-state index is 12.9. The first-order chi connectivity index (χ1) is 16.5. The maximum Gasteiger partial charge on any atom is 0.333 e. The summed E-state index contributed by atoms with van der Waals surface area (Å²) in [7, 11) is 0. The number of Topliss-reactive ketones (excluding diaryl/α,β-unsaturated/α-hetero) is 1. The number of carboxylic acids is 1. The molecule has 0 radical (unpaired) electrons. The van der Waals surface area contributed by atoms with E-state index in [-0.39, 0.29) is 11.7 Å². The lowest BCUT2D eigenvalue weighted by Crippen LogP contribution is -2.26. The molecular formula is C27H32N2O5. The van der Waals surface area contributed by atoms with Crippen LogP contribution in [0.1, 0.15) is 54.9 Å². The molecule has 1 saturated carbocycles. The molecule has 2 aromatic heterocycles. The maximum atomic E-state index is 12.9. The van der Waals surface area contributed by atoms with Crippen LogP contribution >= 0.6 is 0 Å². The van der Waals surface area contributed by atoms with Crippen molar-refractivity contribution < 1.29 is 24.2 Å². The van der Waals surface area contributed by atoms with E-state index < -0.39 is 12.1 Å². The summed E-state index contributed by atoms with van der Waals surface area (Å²) in [6.45, 7) is 3.23. The van der Waals surface area contributed by atoms with Gasteiger partial charge in [-0.2, -0.15) is 0 Å². The van der Waals surface area contributed by atoms with Gasteiger partial charge < -0.3 is 19.1 Å². The Bertz CT molecular complexity index is 1120. The highest BCUT2D eigenvalue weighted by molar-refractivity contribution is 5.99. The fraction of sp³-hybridized carbons (Fsp3) is 0.444. The summed E-state index contributed by atoms with van der Waals surface area (Å²) in [5, 5.41) is 9.24. The van der Waals surface area contributed by atoms with Gasteiger partial charge >= 0.3 is 5.97 Å². The van der Waals surface area contributed by atoms with Gasteiger partial charge in [-0.15, -0.1) is 0 Å². The van der Waals surface area contributed by atoms with Crippen LogP contribution in [0.15, 0.2) is 48.8 Å². The summed E-state index contributed by atoms with van der Waals surface area (Å²) < 4.78 is 13.2. The average molecular weight is 465 g/mol. The lowest BCUT2D eigenvalue weighted by molar-refractivity contribution is -0.149. The van der Waals surface area contributed by atoms with Crippen LogP contribution in [0.5, 0.6) is 5.75 Å². The fourth-order valence-electron chi connectivity index (χ4n) is 4.61. The van der Waals surface area contributed by atoms with E-state index in [2.05, 4.69) is 9.55 Å². The second-order valence-electron chi connectivity index (χ2n) is 8.82. The molecule has 0 unspecified atom stereocenters. The largest absolute Gasteiger partial charge is 0.492 e. The fourth-order valence-corrected chi connectivity index (χ4v) is 4.61. The van der Waals surface area contributed by atoms with Crippen molar-refractivity contribution in [3.05, 3.63) is 59.9 Å². The smallest absolute Gasteiger partial charge is 0.333 e. The molecule has 34 heavy (non-hydrogen) atoms. The SMILES string of the molecule is CCO[C@@H](Cc1ccc(OCCn2ccc3ncc(C(=O)C4CCCCC4)cc32)cc1)C(=O)O. The normalized spacial score (nSPS) is 15.3. The van der Waals surface area contributed by atoms with Crippen molar-refractivity contribution in [2.24, 2.45) is 5.92 Å². The van der Waals surface area contributed by atoms with Gasteiger partial charge in [0, 0.05) is 36.9 Å².